The van der Waals surface area contributed by atoms with E-state index in [1.165, 1.54) is 7.05 Å². The topological polar surface area (TPSA) is 142 Å². The van der Waals surface area contributed by atoms with Crippen LogP contribution < -0.4 is 16.4 Å². The maximum atomic E-state index is 12.5. The molecule has 1 aliphatic rings. The van der Waals surface area contributed by atoms with Gasteiger partial charge in [-0.25, -0.2) is 14.5 Å². The first-order chi connectivity index (χ1) is 11.3. The monoisotopic (exact) mass is 334 g/mol. The molecule has 1 atom stereocenters. The summed E-state index contributed by atoms with van der Waals surface area (Å²) < 4.78 is 0. The number of nitrogens with zero attached hydrogens (tertiary/aromatic N) is 1. The smallest absolute Gasteiger partial charge is 0.414 e. The first-order valence-electron chi connectivity index (χ1n) is 7.27. The average Bonchev–Trinajstić information content (AvgIpc) is 2.94. The first-order valence-corrected chi connectivity index (χ1v) is 7.27. The predicted molar refractivity (Wildman–Crippen MR) is 84.5 cm³/mol. The largest absolute Gasteiger partial charge is 0.465 e. The predicted octanol–water partition coefficient (Wildman–Crippen LogP) is 0.460. The third-order valence-corrected chi connectivity index (χ3v) is 3.81. The molecule has 0 radical (unpaired) electrons. The van der Waals surface area contributed by atoms with E-state index in [0.29, 0.717) is 29.0 Å². The highest BCUT2D eigenvalue weighted by atomic mass is 16.4. The molecule has 0 saturated heterocycles. The molecule has 9 heteroatoms. The Kier molecular flexibility index (Phi) is 5.02. The SMILES string of the molecule is CNC(=O)Nc1ccc2c(c1)CC[C@@H]2C(=O)N(CC(N)=O)C(=O)O. The fourth-order valence-corrected chi connectivity index (χ4v) is 2.73. The standard InChI is InChI=1S/C15H18N4O5/c1-17-14(22)18-9-3-5-10-8(6-9)2-4-11(10)13(21)19(15(23)24)7-12(16)20/h3,5-6,11H,2,4,7H2,1H3,(H2,16,20)(H,23,24)(H2,17,18,22)/t11-/m0/s1. The van der Waals surface area contributed by atoms with Crippen molar-refractivity contribution in [2.24, 2.45) is 5.73 Å². The van der Waals surface area contributed by atoms with E-state index in [1.54, 1.807) is 18.2 Å². The zero-order valence-electron chi connectivity index (χ0n) is 13.0. The Hall–Kier alpha value is -3.10. The molecule has 2 rings (SSSR count). The minimum Gasteiger partial charge on any atom is -0.465 e. The summed E-state index contributed by atoms with van der Waals surface area (Å²) in [5.41, 5.74) is 7.12. The Morgan fingerprint density at radius 3 is 2.62 bits per heavy atom. The van der Waals surface area contributed by atoms with Gasteiger partial charge in [0.2, 0.25) is 11.8 Å². The zero-order valence-corrected chi connectivity index (χ0v) is 13.0. The van der Waals surface area contributed by atoms with Gasteiger partial charge in [0.15, 0.2) is 0 Å². The lowest BCUT2D eigenvalue weighted by atomic mass is 9.99. The van der Waals surface area contributed by atoms with Crippen molar-refractivity contribution in [3.8, 4) is 0 Å². The van der Waals surface area contributed by atoms with E-state index in [-0.39, 0.29) is 6.03 Å². The van der Waals surface area contributed by atoms with Gasteiger partial charge in [0.25, 0.3) is 0 Å². The fourth-order valence-electron chi connectivity index (χ4n) is 2.73. The molecule has 0 spiro atoms. The summed E-state index contributed by atoms with van der Waals surface area (Å²) in [4.78, 5) is 46.4. The van der Waals surface area contributed by atoms with Crippen LogP contribution in [0.4, 0.5) is 15.3 Å². The van der Waals surface area contributed by atoms with Crippen molar-refractivity contribution in [1.82, 2.24) is 10.2 Å². The molecule has 5 N–H and O–H groups in total. The van der Waals surface area contributed by atoms with Crippen molar-refractivity contribution >= 4 is 29.6 Å². The van der Waals surface area contributed by atoms with Gasteiger partial charge in [-0.2, -0.15) is 0 Å². The van der Waals surface area contributed by atoms with Crippen molar-refractivity contribution in [1.29, 1.82) is 0 Å². The highest BCUT2D eigenvalue weighted by molar-refractivity contribution is 5.99. The quantitative estimate of drug-likeness (QED) is 0.633. The van der Waals surface area contributed by atoms with E-state index < -0.39 is 30.4 Å². The van der Waals surface area contributed by atoms with Crippen LogP contribution in [-0.2, 0) is 16.0 Å². The van der Waals surface area contributed by atoms with Gasteiger partial charge in [0.05, 0.1) is 5.92 Å². The highest BCUT2D eigenvalue weighted by Crippen LogP contribution is 2.36. The van der Waals surface area contributed by atoms with Gasteiger partial charge in [-0.1, -0.05) is 6.07 Å². The number of imide groups is 1. The molecule has 0 heterocycles. The summed E-state index contributed by atoms with van der Waals surface area (Å²) in [6, 6.07) is 4.70. The van der Waals surface area contributed by atoms with Crippen molar-refractivity contribution in [2.45, 2.75) is 18.8 Å². The number of rotatable bonds is 4. The number of benzene rings is 1. The van der Waals surface area contributed by atoms with Gasteiger partial charge in [0, 0.05) is 12.7 Å². The van der Waals surface area contributed by atoms with Crippen LogP contribution in [-0.4, -0.2) is 47.5 Å². The molecule has 5 amide bonds. The highest BCUT2D eigenvalue weighted by Gasteiger charge is 2.35. The zero-order chi connectivity index (χ0) is 17.9. The number of carbonyl (C=O) groups excluding carboxylic acids is 3. The molecule has 0 aromatic heterocycles. The molecule has 0 unspecified atom stereocenters. The summed E-state index contributed by atoms with van der Waals surface area (Å²) >= 11 is 0. The van der Waals surface area contributed by atoms with E-state index in [2.05, 4.69) is 10.6 Å². The summed E-state index contributed by atoms with van der Waals surface area (Å²) in [7, 11) is 1.50. The number of hydrogen-bond donors (Lipinski definition) is 4. The Balaban J connectivity index is 2.21. The molecule has 24 heavy (non-hydrogen) atoms. The number of anilines is 1. The van der Waals surface area contributed by atoms with Gasteiger partial charge in [-0.15, -0.1) is 0 Å². The van der Waals surface area contributed by atoms with Crippen LogP contribution in [0.3, 0.4) is 0 Å². The molecule has 0 aliphatic heterocycles. The summed E-state index contributed by atoms with van der Waals surface area (Å²) in [6.07, 6.45) is -0.510. The lowest BCUT2D eigenvalue weighted by Gasteiger charge is -2.20. The number of aryl methyl sites for hydroxylation is 1. The van der Waals surface area contributed by atoms with E-state index in [0.717, 1.165) is 5.56 Å². The van der Waals surface area contributed by atoms with E-state index >= 15 is 0 Å². The lowest BCUT2D eigenvalue weighted by Crippen LogP contribution is -2.43. The summed E-state index contributed by atoms with van der Waals surface area (Å²) in [5, 5.41) is 14.2. The number of carboxylic acid groups (broad SMARTS) is 1. The van der Waals surface area contributed by atoms with E-state index in [1.807, 2.05) is 0 Å². The van der Waals surface area contributed by atoms with Crippen LogP contribution in [0.15, 0.2) is 18.2 Å². The van der Waals surface area contributed by atoms with Gasteiger partial charge in [-0.3, -0.25) is 9.59 Å². The summed E-state index contributed by atoms with van der Waals surface area (Å²) in [6.45, 7) is -0.670. The maximum absolute atomic E-state index is 12.5. The Bertz CT molecular complexity index is 703. The first kappa shape index (κ1) is 17.3. The van der Waals surface area contributed by atoms with Crippen LogP contribution in [0.2, 0.25) is 0 Å². The second-order valence-electron chi connectivity index (χ2n) is 5.38. The third kappa shape index (κ3) is 3.62. The van der Waals surface area contributed by atoms with Crippen molar-refractivity contribution in [3.63, 3.8) is 0 Å². The molecular formula is C15H18N4O5. The number of nitrogens with one attached hydrogen (secondary N) is 2. The molecule has 0 fully saturated rings. The molecular weight excluding hydrogens is 316 g/mol. The van der Waals surface area contributed by atoms with E-state index in [9.17, 15) is 19.2 Å². The second kappa shape index (κ2) is 6.99. The lowest BCUT2D eigenvalue weighted by molar-refractivity contribution is -0.134. The van der Waals surface area contributed by atoms with E-state index in [4.69, 9.17) is 10.8 Å². The number of fused-ring (bicyclic) bond motifs is 1. The van der Waals surface area contributed by atoms with Crippen LogP contribution >= 0.6 is 0 Å². The number of primary amides is 1. The number of nitrogens with two attached hydrogens (primary N) is 1. The summed E-state index contributed by atoms with van der Waals surface area (Å²) in [5.74, 6) is -2.22. The molecule has 1 aromatic rings. The minimum absolute atomic E-state index is 0.362. The molecule has 128 valence electrons. The number of amides is 5. The van der Waals surface area contributed by atoms with Crippen molar-refractivity contribution in [2.75, 3.05) is 18.9 Å². The van der Waals surface area contributed by atoms with Gasteiger partial charge in [-0.05, 0) is 36.1 Å². The van der Waals surface area contributed by atoms with Crippen LogP contribution in [0.5, 0.6) is 0 Å². The third-order valence-electron chi connectivity index (χ3n) is 3.81. The number of urea groups is 1. The van der Waals surface area contributed by atoms with Gasteiger partial charge >= 0.3 is 12.1 Å². The Morgan fingerprint density at radius 2 is 2.04 bits per heavy atom. The number of hydrogen-bond acceptors (Lipinski definition) is 4. The van der Waals surface area contributed by atoms with Crippen LogP contribution in [0, 0.1) is 0 Å². The fraction of sp³-hybridized carbons (Fsp3) is 0.333. The van der Waals surface area contributed by atoms with Crippen molar-refractivity contribution in [3.05, 3.63) is 29.3 Å². The minimum atomic E-state index is -1.51. The normalized spacial score (nSPS) is 15.3. The van der Waals surface area contributed by atoms with Gasteiger partial charge in [0.1, 0.15) is 6.54 Å². The average molecular weight is 334 g/mol. The maximum Gasteiger partial charge on any atom is 0.414 e. The Labute approximate surface area is 137 Å². The molecule has 0 saturated carbocycles. The molecule has 1 aromatic carbocycles. The van der Waals surface area contributed by atoms with Gasteiger partial charge < -0.3 is 21.5 Å². The van der Waals surface area contributed by atoms with Crippen molar-refractivity contribution < 1.29 is 24.3 Å². The molecule has 9 nitrogen and oxygen atoms in total. The molecule has 0 bridgehead atoms. The van der Waals surface area contributed by atoms with Crippen LogP contribution in [0.25, 0.3) is 0 Å². The Morgan fingerprint density at radius 1 is 1.33 bits per heavy atom. The van der Waals surface area contributed by atoms with Crippen LogP contribution in [0.1, 0.15) is 23.5 Å². The molecule has 1 aliphatic carbocycles. The second-order valence-corrected chi connectivity index (χ2v) is 5.38. The number of carbonyl (C=O) groups is 4.